The quantitative estimate of drug-likeness (QED) is 0.882. The van der Waals surface area contributed by atoms with Gasteiger partial charge in [0.2, 0.25) is 5.91 Å². The second kappa shape index (κ2) is 5.66. The molecule has 5 heteroatoms. The van der Waals surface area contributed by atoms with Gasteiger partial charge in [0.25, 0.3) is 0 Å². The van der Waals surface area contributed by atoms with E-state index in [-0.39, 0.29) is 30.3 Å². The maximum Gasteiger partial charge on any atom is 0.230 e. The van der Waals surface area contributed by atoms with Crippen molar-refractivity contribution >= 4 is 29.7 Å². The molecular formula is C11H17ClN2OS. The molecule has 1 aliphatic heterocycles. The van der Waals surface area contributed by atoms with E-state index >= 15 is 0 Å². The molecule has 2 N–H and O–H groups in total. The maximum absolute atomic E-state index is 12.1. The summed E-state index contributed by atoms with van der Waals surface area (Å²) in [6, 6.07) is 4.17. The molecule has 0 bridgehead atoms. The van der Waals surface area contributed by atoms with Gasteiger partial charge >= 0.3 is 0 Å². The Hall–Kier alpha value is -0.580. The van der Waals surface area contributed by atoms with Crippen molar-refractivity contribution in [1.82, 2.24) is 4.90 Å². The standard InChI is InChI=1S/C11H16N2OS.ClH/c1-8(10-3-2-6-15-10)11(14)13-5-4-9(12)7-13;/h2-3,6,8-9H,4-5,7,12H2,1H3;1H. The molecule has 3 nitrogen and oxygen atoms in total. The summed E-state index contributed by atoms with van der Waals surface area (Å²) in [5.41, 5.74) is 5.79. The summed E-state index contributed by atoms with van der Waals surface area (Å²) in [5.74, 6) is 0.195. The van der Waals surface area contributed by atoms with Gasteiger partial charge in [-0.05, 0) is 24.8 Å². The van der Waals surface area contributed by atoms with Crippen LogP contribution >= 0.6 is 23.7 Å². The molecule has 0 aromatic carbocycles. The Kier molecular flexibility index (Phi) is 4.77. The summed E-state index contributed by atoms with van der Waals surface area (Å²) < 4.78 is 0. The number of carbonyl (C=O) groups is 1. The molecule has 0 radical (unpaired) electrons. The van der Waals surface area contributed by atoms with Crippen LogP contribution in [-0.4, -0.2) is 29.9 Å². The van der Waals surface area contributed by atoms with Crippen molar-refractivity contribution in [3.8, 4) is 0 Å². The van der Waals surface area contributed by atoms with Gasteiger partial charge in [-0.3, -0.25) is 4.79 Å². The molecule has 1 aromatic heterocycles. The fraction of sp³-hybridized carbons (Fsp3) is 0.545. The topological polar surface area (TPSA) is 46.3 Å². The van der Waals surface area contributed by atoms with Crippen molar-refractivity contribution in [3.05, 3.63) is 22.4 Å². The Balaban J connectivity index is 0.00000128. The first-order valence-electron chi connectivity index (χ1n) is 5.26. The number of amides is 1. The summed E-state index contributed by atoms with van der Waals surface area (Å²) in [6.07, 6.45) is 0.933. The summed E-state index contributed by atoms with van der Waals surface area (Å²) in [4.78, 5) is 15.1. The van der Waals surface area contributed by atoms with Crippen molar-refractivity contribution < 1.29 is 4.79 Å². The second-order valence-corrected chi connectivity index (χ2v) is 5.05. The molecule has 2 atom stereocenters. The highest BCUT2D eigenvalue weighted by molar-refractivity contribution is 7.10. The number of nitrogens with zero attached hydrogens (tertiary/aromatic N) is 1. The van der Waals surface area contributed by atoms with E-state index in [1.807, 2.05) is 29.3 Å². The minimum absolute atomic E-state index is 0. The first-order chi connectivity index (χ1) is 7.18. The molecule has 1 aromatic rings. The minimum atomic E-state index is -0.0182. The van der Waals surface area contributed by atoms with Crippen LogP contribution < -0.4 is 5.73 Å². The third-order valence-corrected chi connectivity index (χ3v) is 3.93. The van der Waals surface area contributed by atoms with Gasteiger partial charge in [0, 0.05) is 24.0 Å². The van der Waals surface area contributed by atoms with Crippen molar-refractivity contribution in [2.24, 2.45) is 5.73 Å². The highest BCUT2D eigenvalue weighted by atomic mass is 35.5. The lowest BCUT2D eigenvalue weighted by molar-refractivity contribution is -0.131. The van der Waals surface area contributed by atoms with Crippen molar-refractivity contribution in [2.45, 2.75) is 25.3 Å². The molecular weight excluding hydrogens is 244 g/mol. The highest BCUT2D eigenvalue weighted by Gasteiger charge is 2.27. The third kappa shape index (κ3) is 2.75. The van der Waals surface area contributed by atoms with E-state index < -0.39 is 0 Å². The molecule has 1 fully saturated rings. The van der Waals surface area contributed by atoms with Crippen molar-refractivity contribution in [2.75, 3.05) is 13.1 Å². The van der Waals surface area contributed by atoms with Gasteiger partial charge in [-0.25, -0.2) is 0 Å². The zero-order valence-corrected chi connectivity index (χ0v) is 10.9. The maximum atomic E-state index is 12.1. The molecule has 16 heavy (non-hydrogen) atoms. The molecule has 2 rings (SSSR count). The van der Waals surface area contributed by atoms with E-state index in [9.17, 15) is 4.79 Å². The van der Waals surface area contributed by atoms with E-state index in [0.29, 0.717) is 6.54 Å². The average Bonchev–Trinajstić information content (AvgIpc) is 2.85. The number of hydrogen-bond acceptors (Lipinski definition) is 3. The fourth-order valence-corrected chi connectivity index (χ4v) is 2.70. The molecule has 2 unspecified atom stereocenters. The van der Waals surface area contributed by atoms with Crippen LogP contribution in [0.2, 0.25) is 0 Å². The summed E-state index contributed by atoms with van der Waals surface area (Å²) in [7, 11) is 0. The Labute approximate surface area is 106 Å². The van der Waals surface area contributed by atoms with Gasteiger partial charge in [-0.15, -0.1) is 23.7 Å². The van der Waals surface area contributed by atoms with Gasteiger partial charge in [0.05, 0.1) is 5.92 Å². The zero-order valence-electron chi connectivity index (χ0n) is 9.26. The van der Waals surface area contributed by atoms with Crippen molar-refractivity contribution in [3.63, 3.8) is 0 Å². The Morgan fingerprint density at radius 3 is 2.94 bits per heavy atom. The minimum Gasteiger partial charge on any atom is -0.341 e. The third-order valence-electron chi connectivity index (χ3n) is 2.88. The number of rotatable bonds is 2. The predicted octanol–water partition coefficient (Wildman–Crippen LogP) is 1.83. The van der Waals surface area contributed by atoms with E-state index in [0.717, 1.165) is 17.8 Å². The van der Waals surface area contributed by atoms with Crippen LogP contribution in [0.15, 0.2) is 17.5 Å². The van der Waals surface area contributed by atoms with Gasteiger partial charge in [-0.1, -0.05) is 6.07 Å². The monoisotopic (exact) mass is 260 g/mol. The largest absolute Gasteiger partial charge is 0.341 e. The Bertz CT molecular complexity index is 342. The fourth-order valence-electron chi connectivity index (χ4n) is 1.92. The second-order valence-electron chi connectivity index (χ2n) is 4.07. The molecule has 90 valence electrons. The van der Waals surface area contributed by atoms with E-state index in [2.05, 4.69) is 0 Å². The lowest BCUT2D eigenvalue weighted by atomic mass is 10.1. The van der Waals surface area contributed by atoms with Crippen LogP contribution in [0, 0.1) is 0 Å². The summed E-state index contributed by atoms with van der Waals surface area (Å²) >= 11 is 1.64. The predicted molar refractivity (Wildman–Crippen MR) is 69.2 cm³/mol. The number of likely N-dealkylation sites (tertiary alicyclic amines) is 1. The van der Waals surface area contributed by atoms with E-state index in [1.165, 1.54) is 0 Å². The van der Waals surface area contributed by atoms with Crippen LogP contribution in [0.25, 0.3) is 0 Å². The van der Waals surface area contributed by atoms with Crippen LogP contribution in [-0.2, 0) is 4.79 Å². The number of nitrogens with two attached hydrogens (primary N) is 1. The molecule has 0 spiro atoms. The normalized spacial score (nSPS) is 21.6. The lowest BCUT2D eigenvalue weighted by Crippen LogP contribution is -2.34. The van der Waals surface area contributed by atoms with Crippen LogP contribution in [0.1, 0.15) is 24.1 Å². The molecule has 0 aliphatic carbocycles. The first kappa shape index (κ1) is 13.5. The summed E-state index contributed by atoms with van der Waals surface area (Å²) in [6.45, 7) is 3.50. The number of carbonyl (C=O) groups excluding carboxylic acids is 1. The van der Waals surface area contributed by atoms with E-state index in [1.54, 1.807) is 11.3 Å². The molecule has 1 amide bonds. The number of hydrogen-bond donors (Lipinski definition) is 1. The molecule has 0 saturated carbocycles. The number of halogens is 1. The average molecular weight is 261 g/mol. The zero-order chi connectivity index (χ0) is 10.8. The van der Waals surface area contributed by atoms with Crippen molar-refractivity contribution in [1.29, 1.82) is 0 Å². The Morgan fingerprint density at radius 2 is 2.44 bits per heavy atom. The van der Waals surface area contributed by atoms with Gasteiger partial charge < -0.3 is 10.6 Å². The van der Waals surface area contributed by atoms with Crippen LogP contribution in [0.3, 0.4) is 0 Å². The highest BCUT2D eigenvalue weighted by Crippen LogP contribution is 2.24. The molecule has 2 heterocycles. The molecule has 1 saturated heterocycles. The SMILES string of the molecule is CC(C(=O)N1CCC(N)C1)c1cccs1.Cl. The van der Waals surface area contributed by atoms with Crippen LogP contribution in [0.4, 0.5) is 0 Å². The van der Waals surface area contributed by atoms with E-state index in [4.69, 9.17) is 5.73 Å². The number of thiophene rings is 1. The van der Waals surface area contributed by atoms with Gasteiger partial charge in [0.15, 0.2) is 0 Å². The Morgan fingerprint density at radius 1 is 1.69 bits per heavy atom. The van der Waals surface area contributed by atoms with Crippen LogP contribution in [0.5, 0.6) is 0 Å². The smallest absolute Gasteiger partial charge is 0.230 e. The lowest BCUT2D eigenvalue weighted by Gasteiger charge is -2.19. The molecule has 1 aliphatic rings. The first-order valence-corrected chi connectivity index (χ1v) is 6.14. The van der Waals surface area contributed by atoms with Gasteiger partial charge in [0.1, 0.15) is 0 Å². The van der Waals surface area contributed by atoms with Gasteiger partial charge in [-0.2, -0.15) is 0 Å². The summed E-state index contributed by atoms with van der Waals surface area (Å²) in [5, 5.41) is 2.01.